The average Bonchev–Trinajstić information content (AvgIpc) is 2.60. The summed E-state index contributed by atoms with van der Waals surface area (Å²) in [4.78, 5) is 23.1. The number of nitrogens with one attached hydrogen (secondary N) is 2. The first-order valence-corrected chi connectivity index (χ1v) is 10.8. The summed E-state index contributed by atoms with van der Waals surface area (Å²) in [6.45, 7) is 2.66. The van der Waals surface area contributed by atoms with E-state index in [1.165, 1.54) is 52.3 Å². The highest BCUT2D eigenvalue weighted by molar-refractivity contribution is 8.72. The van der Waals surface area contributed by atoms with Gasteiger partial charge < -0.3 is 20.1 Å². The maximum Gasteiger partial charge on any atom is 0.234 e. The lowest BCUT2D eigenvalue weighted by atomic mass is 10.3. The van der Waals surface area contributed by atoms with E-state index in [1.807, 2.05) is 0 Å². The van der Waals surface area contributed by atoms with Gasteiger partial charge in [-0.3, -0.25) is 9.59 Å². The Hall–Kier alpha value is -2.72. The first kappa shape index (κ1) is 21.6. The molecule has 0 heterocycles. The standard InChI is InChI=1S/C18H20N2O6S2/c1-11(21)19-15-9-13(5-7-17(15)25-3)27-28(23,24)14-6-8-18(26-4)16(10-14)20-12(2)22/h5-10H,1-4H3,(H,19,21)(H,20,22). The second-order valence-electron chi connectivity index (χ2n) is 5.62. The van der Waals surface area contributed by atoms with E-state index in [0.717, 1.165) is 0 Å². The first-order valence-electron chi connectivity index (χ1n) is 8.02. The van der Waals surface area contributed by atoms with Crippen molar-refractivity contribution < 1.29 is 27.5 Å². The van der Waals surface area contributed by atoms with Crippen LogP contribution in [0.15, 0.2) is 46.2 Å². The van der Waals surface area contributed by atoms with Gasteiger partial charge in [0.15, 0.2) is 0 Å². The Morgan fingerprint density at radius 2 is 1.36 bits per heavy atom. The Morgan fingerprint density at radius 3 is 1.86 bits per heavy atom. The number of amides is 2. The molecule has 150 valence electrons. The fourth-order valence-electron chi connectivity index (χ4n) is 2.33. The van der Waals surface area contributed by atoms with Gasteiger partial charge >= 0.3 is 0 Å². The predicted octanol–water partition coefficient (Wildman–Crippen LogP) is 3.10. The van der Waals surface area contributed by atoms with Crippen LogP contribution in [0.5, 0.6) is 11.5 Å². The fourth-order valence-corrected chi connectivity index (χ4v) is 5.14. The summed E-state index contributed by atoms with van der Waals surface area (Å²) in [5.74, 6) is 0.0971. The summed E-state index contributed by atoms with van der Waals surface area (Å²) in [6, 6.07) is 8.85. The van der Waals surface area contributed by atoms with E-state index < -0.39 is 8.87 Å². The van der Waals surface area contributed by atoms with Crippen molar-refractivity contribution in [2.45, 2.75) is 23.6 Å². The van der Waals surface area contributed by atoms with Crippen LogP contribution in [0.3, 0.4) is 0 Å². The van der Waals surface area contributed by atoms with Gasteiger partial charge in [0.2, 0.25) is 20.7 Å². The van der Waals surface area contributed by atoms with E-state index in [2.05, 4.69) is 10.6 Å². The Bertz CT molecular complexity index is 1010. The van der Waals surface area contributed by atoms with Crippen LogP contribution in [0.1, 0.15) is 13.8 Å². The van der Waals surface area contributed by atoms with Gasteiger partial charge in [-0.05, 0) is 36.4 Å². The van der Waals surface area contributed by atoms with Crippen LogP contribution in [0.25, 0.3) is 0 Å². The van der Waals surface area contributed by atoms with E-state index in [4.69, 9.17) is 9.47 Å². The molecule has 0 aliphatic heterocycles. The minimum Gasteiger partial charge on any atom is -0.495 e. The highest BCUT2D eigenvalue weighted by Gasteiger charge is 2.20. The van der Waals surface area contributed by atoms with Gasteiger partial charge in [0.25, 0.3) is 0 Å². The minimum atomic E-state index is -3.81. The van der Waals surface area contributed by atoms with Gasteiger partial charge in [-0.15, -0.1) is 0 Å². The zero-order valence-electron chi connectivity index (χ0n) is 15.7. The van der Waals surface area contributed by atoms with Crippen molar-refractivity contribution >= 4 is 42.9 Å². The molecule has 2 aromatic carbocycles. The molecule has 0 fully saturated rings. The van der Waals surface area contributed by atoms with Crippen molar-refractivity contribution in [3.8, 4) is 11.5 Å². The van der Waals surface area contributed by atoms with E-state index in [0.29, 0.717) is 32.9 Å². The summed E-state index contributed by atoms with van der Waals surface area (Å²) in [5, 5.41) is 5.14. The summed E-state index contributed by atoms with van der Waals surface area (Å²) < 4.78 is 35.9. The van der Waals surface area contributed by atoms with Crippen molar-refractivity contribution in [1.29, 1.82) is 0 Å². The SMILES string of the molecule is COc1ccc(SS(=O)(=O)c2ccc(OC)c(NC(C)=O)c2)cc1NC(C)=O. The van der Waals surface area contributed by atoms with E-state index in [9.17, 15) is 18.0 Å². The molecule has 0 saturated heterocycles. The summed E-state index contributed by atoms with van der Waals surface area (Å²) in [6.07, 6.45) is 0. The monoisotopic (exact) mass is 424 g/mol. The minimum absolute atomic E-state index is 0.000977. The van der Waals surface area contributed by atoms with Gasteiger partial charge in [-0.1, -0.05) is 0 Å². The number of benzene rings is 2. The van der Waals surface area contributed by atoms with Crippen LogP contribution < -0.4 is 20.1 Å². The molecule has 2 amide bonds. The molecule has 28 heavy (non-hydrogen) atoms. The molecule has 2 rings (SSSR count). The van der Waals surface area contributed by atoms with Gasteiger partial charge in [0.1, 0.15) is 11.5 Å². The zero-order valence-corrected chi connectivity index (χ0v) is 17.4. The van der Waals surface area contributed by atoms with E-state index in [-0.39, 0.29) is 22.4 Å². The number of rotatable bonds is 7. The van der Waals surface area contributed by atoms with Crippen LogP contribution in [-0.2, 0) is 18.5 Å². The summed E-state index contributed by atoms with van der Waals surface area (Å²) in [5.41, 5.74) is 0.620. The van der Waals surface area contributed by atoms with E-state index >= 15 is 0 Å². The van der Waals surface area contributed by atoms with Crippen molar-refractivity contribution in [2.75, 3.05) is 24.9 Å². The van der Waals surface area contributed by atoms with Gasteiger partial charge in [-0.2, -0.15) is 0 Å². The summed E-state index contributed by atoms with van der Waals surface area (Å²) in [7, 11) is -0.322. The molecule has 0 atom stereocenters. The molecule has 2 N–H and O–H groups in total. The van der Waals surface area contributed by atoms with Crippen molar-refractivity contribution in [1.82, 2.24) is 0 Å². The van der Waals surface area contributed by atoms with Crippen LogP contribution in [-0.4, -0.2) is 34.5 Å². The van der Waals surface area contributed by atoms with Crippen molar-refractivity contribution in [3.05, 3.63) is 36.4 Å². The smallest absolute Gasteiger partial charge is 0.234 e. The maximum absolute atomic E-state index is 12.8. The zero-order chi connectivity index (χ0) is 20.9. The van der Waals surface area contributed by atoms with E-state index in [1.54, 1.807) is 12.1 Å². The van der Waals surface area contributed by atoms with Crippen molar-refractivity contribution in [3.63, 3.8) is 0 Å². The third-order valence-corrected chi connectivity index (χ3v) is 6.77. The number of ether oxygens (including phenoxy) is 2. The second kappa shape index (κ2) is 8.98. The largest absolute Gasteiger partial charge is 0.495 e. The third kappa shape index (κ3) is 5.40. The molecule has 0 saturated carbocycles. The lowest BCUT2D eigenvalue weighted by molar-refractivity contribution is -0.115. The lowest BCUT2D eigenvalue weighted by Crippen LogP contribution is -2.08. The Kier molecular flexibility index (Phi) is 6.92. The number of carbonyl (C=O) groups is 2. The Labute approximate surface area is 166 Å². The molecule has 0 spiro atoms. The third-order valence-electron chi connectivity index (χ3n) is 3.46. The van der Waals surface area contributed by atoms with Gasteiger partial charge in [-0.25, -0.2) is 8.42 Å². The van der Waals surface area contributed by atoms with Crippen LogP contribution in [0, 0.1) is 0 Å². The van der Waals surface area contributed by atoms with Crippen LogP contribution in [0.4, 0.5) is 11.4 Å². The number of hydrogen-bond donors (Lipinski definition) is 2. The molecule has 0 unspecified atom stereocenters. The fraction of sp³-hybridized carbons (Fsp3) is 0.222. The predicted molar refractivity (Wildman–Crippen MR) is 108 cm³/mol. The highest BCUT2D eigenvalue weighted by Crippen LogP contribution is 2.37. The molecule has 0 bridgehead atoms. The topological polar surface area (TPSA) is 111 Å². The number of methoxy groups -OCH3 is 2. The second-order valence-corrected chi connectivity index (χ2v) is 9.46. The quantitative estimate of drug-likeness (QED) is 0.657. The van der Waals surface area contributed by atoms with Crippen LogP contribution >= 0.6 is 10.8 Å². The van der Waals surface area contributed by atoms with Gasteiger partial charge in [0.05, 0.1) is 30.5 Å². The maximum atomic E-state index is 12.8. The first-order chi connectivity index (χ1) is 13.2. The molecule has 2 aromatic rings. The normalized spacial score (nSPS) is 10.9. The van der Waals surface area contributed by atoms with Crippen LogP contribution in [0.2, 0.25) is 0 Å². The average molecular weight is 425 g/mol. The summed E-state index contributed by atoms with van der Waals surface area (Å²) >= 11 is 0. The molecular formula is C18H20N2O6S2. The molecule has 10 heteroatoms. The molecule has 0 aliphatic rings. The Balaban J connectivity index is 2.38. The number of anilines is 2. The molecule has 8 nitrogen and oxygen atoms in total. The van der Waals surface area contributed by atoms with Gasteiger partial charge in [0, 0.05) is 29.5 Å². The molecular weight excluding hydrogens is 404 g/mol. The van der Waals surface area contributed by atoms with Crippen molar-refractivity contribution in [2.24, 2.45) is 0 Å². The molecule has 0 radical (unpaired) electrons. The number of carbonyl (C=O) groups excluding carboxylic acids is 2. The molecule has 0 aliphatic carbocycles. The molecule has 0 aromatic heterocycles. The number of hydrogen-bond acceptors (Lipinski definition) is 7. The highest BCUT2D eigenvalue weighted by atomic mass is 33.1. The Morgan fingerprint density at radius 1 is 0.857 bits per heavy atom. The lowest BCUT2D eigenvalue weighted by Gasteiger charge is -2.13.